The lowest BCUT2D eigenvalue weighted by Gasteiger charge is -2.17. The summed E-state index contributed by atoms with van der Waals surface area (Å²) >= 11 is 0. The van der Waals surface area contributed by atoms with Crippen molar-refractivity contribution in [3.05, 3.63) is 76.3 Å². The maximum absolute atomic E-state index is 9.56. The van der Waals surface area contributed by atoms with Crippen molar-refractivity contribution < 1.29 is 14.6 Å². The third kappa shape index (κ3) is 4.23. The van der Waals surface area contributed by atoms with Crippen molar-refractivity contribution in [2.24, 2.45) is 0 Å². The number of aryl methyl sites for hydroxylation is 2. The van der Waals surface area contributed by atoms with Gasteiger partial charge in [-0.25, -0.2) is 0 Å². The number of rotatable bonds is 7. The zero-order valence-electron chi connectivity index (χ0n) is 17.7. The monoisotopic (exact) mass is 403 g/mol. The Morgan fingerprint density at radius 2 is 1.80 bits per heavy atom. The number of benzene rings is 3. The molecule has 3 N–H and O–H groups in total. The molecule has 30 heavy (non-hydrogen) atoms. The van der Waals surface area contributed by atoms with Crippen LogP contribution in [0.3, 0.4) is 0 Å². The molecular formula is C26H29NO3. The van der Waals surface area contributed by atoms with E-state index in [2.05, 4.69) is 26.0 Å². The zero-order chi connectivity index (χ0) is 21.1. The van der Waals surface area contributed by atoms with Gasteiger partial charge in [-0.05, 0) is 85.2 Å². The van der Waals surface area contributed by atoms with Gasteiger partial charge in [0.05, 0.1) is 6.61 Å². The average molecular weight is 404 g/mol. The summed E-state index contributed by atoms with van der Waals surface area (Å²) < 4.78 is 12.2. The summed E-state index contributed by atoms with van der Waals surface area (Å²) in [6.07, 6.45) is 4.93. The summed E-state index contributed by atoms with van der Waals surface area (Å²) in [4.78, 5) is 0. The first kappa shape index (κ1) is 20.1. The Bertz CT molecular complexity index is 1060. The van der Waals surface area contributed by atoms with E-state index in [0.29, 0.717) is 12.4 Å². The molecule has 0 saturated heterocycles. The summed E-state index contributed by atoms with van der Waals surface area (Å²) in [6.45, 7) is 4.78. The predicted molar refractivity (Wildman–Crippen MR) is 121 cm³/mol. The van der Waals surface area contributed by atoms with Gasteiger partial charge in [0, 0.05) is 23.7 Å². The Hall–Kier alpha value is -3.14. The van der Waals surface area contributed by atoms with E-state index in [-0.39, 0.29) is 5.75 Å². The van der Waals surface area contributed by atoms with Crippen LogP contribution in [-0.2, 0) is 25.7 Å². The molecule has 0 radical (unpaired) electrons. The number of nitrogen functional groups attached to an aromatic ring is 1. The molecule has 3 aromatic rings. The molecule has 4 heteroatoms. The normalized spacial score (nSPS) is 12.6. The first-order valence-electron chi connectivity index (χ1n) is 10.7. The van der Waals surface area contributed by atoms with Crippen molar-refractivity contribution in [1.29, 1.82) is 0 Å². The number of phenols is 1. The average Bonchev–Trinajstić information content (AvgIpc) is 3.22. The van der Waals surface area contributed by atoms with E-state index in [1.165, 1.54) is 22.3 Å². The van der Waals surface area contributed by atoms with E-state index >= 15 is 0 Å². The number of phenolic OH excluding ortho intramolecular Hbond substituents is 1. The van der Waals surface area contributed by atoms with Crippen LogP contribution in [0.4, 0.5) is 5.69 Å². The van der Waals surface area contributed by atoms with Crippen molar-refractivity contribution in [3.63, 3.8) is 0 Å². The molecule has 1 aliphatic rings. The molecular weight excluding hydrogens is 374 g/mol. The van der Waals surface area contributed by atoms with Gasteiger partial charge in [0.15, 0.2) is 0 Å². The molecule has 0 atom stereocenters. The Balaban J connectivity index is 1.48. The van der Waals surface area contributed by atoms with Crippen molar-refractivity contribution in [1.82, 2.24) is 0 Å². The Morgan fingerprint density at radius 3 is 2.60 bits per heavy atom. The first-order valence-corrected chi connectivity index (χ1v) is 10.7. The standard InChI is InChI=1S/C26H29NO3/c1-3-18-15-22(30-26-17(2)14-25(27)23-8-5-9-24(23)26)11-10-19(18)12-13-29-21-7-4-6-20(28)16-21/h4,6-7,10-11,14-16,28H,3,5,8-9,12-13,27H2,1-2H3. The van der Waals surface area contributed by atoms with Crippen LogP contribution in [0.15, 0.2) is 48.5 Å². The van der Waals surface area contributed by atoms with Crippen molar-refractivity contribution in [3.8, 4) is 23.0 Å². The molecule has 3 aromatic carbocycles. The van der Waals surface area contributed by atoms with Crippen LogP contribution in [0.5, 0.6) is 23.0 Å². The van der Waals surface area contributed by atoms with Crippen LogP contribution >= 0.6 is 0 Å². The lowest BCUT2D eigenvalue weighted by Crippen LogP contribution is -2.04. The number of nitrogens with two attached hydrogens (primary N) is 1. The second kappa shape index (κ2) is 8.70. The van der Waals surface area contributed by atoms with Gasteiger partial charge in [-0.1, -0.05) is 19.1 Å². The minimum atomic E-state index is 0.215. The van der Waals surface area contributed by atoms with Gasteiger partial charge < -0.3 is 20.3 Å². The smallest absolute Gasteiger partial charge is 0.133 e. The molecule has 0 heterocycles. The number of aromatic hydroxyl groups is 1. The summed E-state index contributed by atoms with van der Waals surface area (Å²) in [6, 6.07) is 15.2. The first-order chi connectivity index (χ1) is 14.5. The third-order valence-electron chi connectivity index (χ3n) is 5.81. The molecule has 0 saturated carbocycles. The van der Waals surface area contributed by atoms with Crippen LogP contribution in [0.2, 0.25) is 0 Å². The van der Waals surface area contributed by atoms with E-state index in [4.69, 9.17) is 15.2 Å². The van der Waals surface area contributed by atoms with E-state index < -0.39 is 0 Å². The summed E-state index contributed by atoms with van der Waals surface area (Å²) in [5, 5.41) is 9.56. The van der Waals surface area contributed by atoms with Crippen molar-refractivity contribution in [2.75, 3.05) is 12.3 Å². The molecule has 0 fully saturated rings. The second-order valence-corrected chi connectivity index (χ2v) is 7.90. The highest BCUT2D eigenvalue weighted by Crippen LogP contribution is 2.40. The summed E-state index contributed by atoms with van der Waals surface area (Å²) in [7, 11) is 0. The molecule has 0 unspecified atom stereocenters. The van der Waals surface area contributed by atoms with Gasteiger partial charge in [0.2, 0.25) is 0 Å². The van der Waals surface area contributed by atoms with Crippen LogP contribution < -0.4 is 15.2 Å². The van der Waals surface area contributed by atoms with E-state index in [9.17, 15) is 5.11 Å². The topological polar surface area (TPSA) is 64.7 Å². The molecule has 4 nitrogen and oxygen atoms in total. The number of hydrogen-bond donors (Lipinski definition) is 2. The maximum Gasteiger partial charge on any atom is 0.133 e. The highest BCUT2D eigenvalue weighted by atomic mass is 16.5. The number of fused-ring (bicyclic) bond motifs is 1. The Labute approximate surface area is 178 Å². The van der Waals surface area contributed by atoms with E-state index in [1.807, 2.05) is 18.2 Å². The largest absolute Gasteiger partial charge is 0.508 e. The zero-order valence-corrected chi connectivity index (χ0v) is 17.7. The molecule has 0 amide bonds. The quantitative estimate of drug-likeness (QED) is 0.493. The lowest BCUT2D eigenvalue weighted by molar-refractivity contribution is 0.319. The van der Waals surface area contributed by atoms with Gasteiger partial charge >= 0.3 is 0 Å². The summed E-state index contributed by atoms with van der Waals surface area (Å²) in [5.41, 5.74) is 13.2. The Kier molecular flexibility index (Phi) is 5.84. The minimum Gasteiger partial charge on any atom is -0.508 e. The molecule has 0 spiro atoms. The predicted octanol–water partition coefficient (Wildman–Crippen LogP) is 5.75. The van der Waals surface area contributed by atoms with Crippen LogP contribution in [0.1, 0.15) is 41.2 Å². The van der Waals surface area contributed by atoms with Gasteiger partial charge in [-0.15, -0.1) is 0 Å². The van der Waals surface area contributed by atoms with Crippen molar-refractivity contribution >= 4 is 5.69 Å². The van der Waals surface area contributed by atoms with Gasteiger partial charge in [0.1, 0.15) is 23.0 Å². The number of hydrogen-bond acceptors (Lipinski definition) is 4. The Morgan fingerprint density at radius 1 is 0.967 bits per heavy atom. The molecule has 0 aliphatic heterocycles. The highest BCUT2D eigenvalue weighted by Gasteiger charge is 2.21. The SMILES string of the molecule is CCc1cc(Oc2c(C)cc(N)c3c2CCC3)ccc1CCOc1cccc(O)c1. The lowest BCUT2D eigenvalue weighted by atomic mass is 10.0. The molecule has 156 valence electrons. The van der Waals surface area contributed by atoms with E-state index in [0.717, 1.165) is 54.9 Å². The van der Waals surface area contributed by atoms with Gasteiger partial charge in [0.25, 0.3) is 0 Å². The van der Waals surface area contributed by atoms with Gasteiger partial charge in [-0.3, -0.25) is 0 Å². The fraction of sp³-hybridized carbons (Fsp3) is 0.308. The maximum atomic E-state index is 9.56. The number of ether oxygens (including phenoxy) is 2. The fourth-order valence-electron chi connectivity index (χ4n) is 4.29. The number of anilines is 1. The highest BCUT2D eigenvalue weighted by molar-refractivity contribution is 5.62. The second-order valence-electron chi connectivity index (χ2n) is 7.90. The third-order valence-corrected chi connectivity index (χ3v) is 5.81. The van der Waals surface area contributed by atoms with Crippen LogP contribution in [0, 0.1) is 6.92 Å². The van der Waals surface area contributed by atoms with Crippen LogP contribution in [0.25, 0.3) is 0 Å². The fourth-order valence-corrected chi connectivity index (χ4v) is 4.29. The molecule has 0 bridgehead atoms. The van der Waals surface area contributed by atoms with Crippen molar-refractivity contribution in [2.45, 2.75) is 46.0 Å². The van der Waals surface area contributed by atoms with E-state index in [1.54, 1.807) is 18.2 Å². The molecule has 1 aliphatic carbocycles. The van der Waals surface area contributed by atoms with Crippen LogP contribution in [-0.4, -0.2) is 11.7 Å². The minimum absolute atomic E-state index is 0.215. The molecule has 4 rings (SSSR count). The molecule has 0 aromatic heterocycles. The summed E-state index contributed by atoms with van der Waals surface area (Å²) in [5.74, 6) is 2.73. The van der Waals surface area contributed by atoms with Gasteiger partial charge in [-0.2, -0.15) is 0 Å².